The van der Waals surface area contributed by atoms with Crippen LogP contribution >= 0.6 is 11.6 Å². The Labute approximate surface area is 160 Å². The molecule has 3 aromatic rings. The Bertz CT molecular complexity index is 1050. The number of nitrogens with one attached hydrogen (secondary N) is 2. The second-order valence-electron chi connectivity index (χ2n) is 6.33. The van der Waals surface area contributed by atoms with E-state index in [4.69, 9.17) is 11.6 Å². The second-order valence-corrected chi connectivity index (χ2v) is 6.69. The maximum absolute atomic E-state index is 12.4. The van der Waals surface area contributed by atoms with Gasteiger partial charge in [-0.2, -0.15) is 0 Å². The van der Waals surface area contributed by atoms with Crippen molar-refractivity contribution in [2.24, 2.45) is 0 Å². The van der Waals surface area contributed by atoms with E-state index < -0.39 is 0 Å². The van der Waals surface area contributed by atoms with Gasteiger partial charge in [0.05, 0.1) is 16.9 Å². The van der Waals surface area contributed by atoms with Crippen LogP contribution in [0.15, 0.2) is 54.7 Å². The molecule has 4 rings (SSSR count). The third-order valence-corrected chi connectivity index (χ3v) is 4.53. The molecule has 1 saturated carbocycles. The fourth-order valence-electron chi connectivity index (χ4n) is 2.75. The lowest BCUT2D eigenvalue weighted by Crippen LogP contribution is -2.26. The van der Waals surface area contributed by atoms with E-state index >= 15 is 0 Å². The zero-order chi connectivity index (χ0) is 18.8. The van der Waals surface area contributed by atoms with Crippen LogP contribution in [-0.4, -0.2) is 27.2 Å². The molecular weight excluding hydrogens is 364 g/mol. The molecule has 136 valence electrons. The van der Waals surface area contributed by atoms with Gasteiger partial charge in [-0.15, -0.1) is 0 Å². The van der Waals surface area contributed by atoms with Crippen LogP contribution in [0.2, 0.25) is 5.15 Å². The fourth-order valence-corrected chi connectivity index (χ4v) is 2.99. The Morgan fingerprint density at radius 3 is 2.74 bits per heavy atom. The number of hydrogen-bond acceptors (Lipinski definition) is 3. The van der Waals surface area contributed by atoms with Crippen molar-refractivity contribution in [3.63, 3.8) is 0 Å². The monoisotopic (exact) mass is 380 g/mol. The highest BCUT2D eigenvalue weighted by molar-refractivity contribution is 6.31. The molecule has 2 heterocycles. The van der Waals surface area contributed by atoms with E-state index in [1.165, 1.54) is 6.08 Å². The molecular formula is C20H17ClN4O2. The van der Waals surface area contributed by atoms with Crippen LogP contribution in [0.1, 0.15) is 28.9 Å². The number of fused-ring (bicyclic) bond motifs is 1. The Kier molecular flexibility index (Phi) is 4.64. The minimum Gasteiger partial charge on any atom is -0.349 e. The highest BCUT2D eigenvalue weighted by Crippen LogP contribution is 2.22. The maximum atomic E-state index is 12.4. The first-order valence-electron chi connectivity index (χ1n) is 8.63. The van der Waals surface area contributed by atoms with Crippen LogP contribution in [0.5, 0.6) is 0 Å². The van der Waals surface area contributed by atoms with E-state index in [9.17, 15) is 9.59 Å². The molecule has 0 bridgehead atoms. The van der Waals surface area contributed by atoms with Gasteiger partial charge in [-0.1, -0.05) is 29.8 Å². The summed E-state index contributed by atoms with van der Waals surface area (Å²) in [6.45, 7) is 0. The van der Waals surface area contributed by atoms with Gasteiger partial charge in [0.2, 0.25) is 5.91 Å². The molecule has 1 aliphatic rings. The molecule has 1 aliphatic carbocycles. The average molecular weight is 381 g/mol. The summed E-state index contributed by atoms with van der Waals surface area (Å²) in [6, 6.07) is 12.7. The third kappa shape index (κ3) is 3.85. The van der Waals surface area contributed by atoms with Crippen LogP contribution in [0, 0.1) is 0 Å². The molecule has 2 aromatic heterocycles. The predicted molar refractivity (Wildman–Crippen MR) is 105 cm³/mol. The number of aromatic nitrogens is 2. The van der Waals surface area contributed by atoms with Crippen molar-refractivity contribution in [2.75, 3.05) is 5.32 Å². The van der Waals surface area contributed by atoms with E-state index in [1.807, 2.05) is 24.4 Å². The maximum Gasteiger partial charge on any atom is 0.253 e. The van der Waals surface area contributed by atoms with Gasteiger partial charge in [0.1, 0.15) is 5.65 Å². The van der Waals surface area contributed by atoms with Crippen molar-refractivity contribution in [3.05, 3.63) is 71.1 Å². The number of pyridine rings is 1. The molecule has 0 atom stereocenters. The Morgan fingerprint density at radius 1 is 1.15 bits per heavy atom. The number of amides is 2. The summed E-state index contributed by atoms with van der Waals surface area (Å²) >= 11 is 6.16. The van der Waals surface area contributed by atoms with Gasteiger partial charge in [-0.3, -0.25) is 14.0 Å². The number of anilines is 1. The summed E-state index contributed by atoms with van der Waals surface area (Å²) < 4.78 is 1.79. The Balaban J connectivity index is 1.52. The van der Waals surface area contributed by atoms with Crippen molar-refractivity contribution < 1.29 is 9.59 Å². The summed E-state index contributed by atoms with van der Waals surface area (Å²) in [6.07, 6.45) is 6.80. The van der Waals surface area contributed by atoms with Crippen LogP contribution in [0.4, 0.5) is 5.69 Å². The predicted octanol–water partition coefficient (Wildman–Crippen LogP) is 3.53. The minimum atomic E-state index is -0.358. The zero-order valence-electron chi connectivity index (χ0n) is 14.4. The number of imidazole rings is 1. The third-order valence-electron chi connectivity index (χ3n) is 4.26. The van der Waals surface area contributed by atoms with Gasteiger partial charge in [-0.05, 0) is 43.2 Å². The van der Waals surface area contributed by atoms with E-state index in [0.29, 0.717) is 27.7 Å². The average Bonchev–Trinajstić information content (AvgIpc) is 3.41. The molecule has 0 spiro atoms. The minimum absolute atomic E-state index is 0.179. The first kappa shape index (κ1) is 17.3. The van der Waals surface area contributed by atoms with E-state index in [2.05, 4.69) is 15.6 Å². The summed E-state index contributed by atoms with van der Waals surface area (Å²) in [4.78, 5) is 28.9. The Hall–Kier alpha value is -3.12. The number of carbonyl (C=O) groups is 2. The van der Waals surface area contributed by atoms with Gasteiger partial charge in [0.15, 0.2) is 5.15 Å². The highest BCUT2D eigenvalue weighted by Gasteiger charge is 2.24. The van der Waals surface area contributed by atoms with Gasteiger partial charge in [0, 0.05) is 18.3 Å². The number of carbonyl (C=O) groups excluding carboxylic acids is 2. The molecule has 27 heavy (non-hydrogen) atoms. The fraction of sp³-hybridized carbons (Fsp3) is 0.150. The lowest BCUT2D eigenvalue weighted by atomic mass is 10.1. The molecule has 1 fully saturated rings. The molecule has 6 nitrogen and oxygen atoms in total. The molecule has 0 aliphatic heterocycles. The van der Waals surface area contributed by atoms with Gasteiger partial charge < -0.3 is 10.6 Å². The van der Waals surface area contributed by atoms with Crippen molar-refractivity contribution in [1.29, 1.82) is 0 Å². The van der Waals surface area contributed by atoms with Gasteiger partial charge in [-0.25, -0.2) is 4.98 Å². The summed E-state index contributed by atoms with van der Waals surface area (Å²) in [5.41, 5.74) is 2.22. The highest BCUT2D eigenvalue weighted by atomic mass is 35.5. The second kappa shape index (κ2) is 7.25. The molecule has 0 radical (unpaired) electrons. The van der Waals surface area contributed by atoms with E-state index in [0.717, 1.165) is 12.8 Å². The van der Waals surface area contributed by atoms with Crippen LogP contribution in [0.25, 0.3) is 11.7 Å². The molecule has 2 amide bonds. The molecule has 1 aromatic carbocycles. The van der Waals surface area contributed by atoms with Crippen LogP contribution in [-0.2, 0) is 4.79 Å². The van der Waals surface area contributed by atoms with Crippen molar-refractivity contribution >= 4 is 40.8 Å². The molecule has 7 heteroatoms. The number of benzene rings is 1. The summed E-state index contributed by atoms with van der Waals surface area (Å²) in [5.74, 6) is -0.536. The topological polar surface area (TPSA) is 75.5 Å². The first-order valence-corrected chi connectivity index (χ1v) is 9.01. The smallest absolute Gasteiger partial charge is 0.253 e. The number of halogens is 1. The number of para-hydroxylation sites is 1. The molecule has 0 saturated heterocycles. The van der Waals surface area contributed by atoms with Crippen LogP contribution in [0.3, 0.4) is 0 Å². The quantitative estimate of drug-likeness (QED) is 0.665. The lowest BCUT2D eigenvalue weighted by molar-refractivity contribution is -0.111. The number of hydrogen-bond donors (Lipinski definition) is 2. The normalized spacial score (nSPS) is 13.8. The zero-order valence-corrected chi connectivity index (χ0v) is 15.1. The van der Waals surface area contributed by atoms with Gasteiger partial charge in [0.25, 0.3) is 5.91 Å². The van der Waals surface area contributed by atoms with E-state index in [1.54, 1.807) is 34.7 Å². The van der Waals surface area contributed by atoms with Crippen molar-refractivity contribution in [1.82, 2.24) is 14.7 Å². The largest absolute Gasteiger partial charge is 0.349 e. The molecule has 2 N–H and O–H groups in total. The van der Waals surface area contributed by atoms with Crippen molar-refractivity contribution in [3.8, 4) is 0 Å². The Morgan fingerprint density at radius 2 is 1.93 bits per heavy atom. The summed E-state index contributed by atoms with van der Waals surface area (Å²) in [5, 5.41) is 6.00. The standard InChI is InChI=1S/C20H17ClN4O2/c21-19-16(25-12-4-3-7-17(25)24-19)10-11-18(26)23-15-6-2-1-5-14(15)20(27)22-13-8-9-13/h1-7,10-13H,8-9H2,(H,22,27)(H,23,26)/b11-10+. The number of nitrogens with zero attached hydrogens (tertiary/aromatic N) is 2. The number of rotatable bonds is 5. The van der Waals surface area contributed by atoms with E-state index in [-0.39, 0.29) is 17.9 Å². The first-order chi connectivity index (χ1) is 13.1. The summed E-state index contributed by atoms with van der Waals surface area (Å²) in [7, 11) is 0. The van der Waals surface area contributed by atoms with Crippen LogP contribution < -0.4 is 10.6 Å². The molecule has 0 unspecified atom stereocenters. The SMILES string of the molecule is O=C(/C=C/c1c(Cl)nc2ccccn12)Nc1ccccc1C(=O)NC1CC1. The van der Waals surface area contributed by atoms with Gasteiger partial charge >= 0.3 is 0 Å². The lowest BCUT2D eigenvalue weighted by Gasteiger charge is -2.09. The van der Waals surface area contributed by atoms with Crippen molar-refractivity contribution in [2.45, 2.75) is 18.9 Å².